The molecule has 0 spiro atoms. The lowest BCUT2D eigenvalue weighted by Gasteiger charge is -2.05. The van der Waals surface area contributed by atoms with Gasteiger partial charge < -0.3 is 10.6 Å². The van der Waals surface area contributed by atoms with Crippen LogP contribution in [0.5, 0.6) is 0 Å². The van der Waals surface area contributed by atoms with Crippen LogP contribution in [0.15, 0.2) is 71.4 Å². The standard InChI is InChI=1S/C9H10N2O.C6H8N2.C5H10.C4H7Cl/c1-11-9-5-3-2-4-7(9)8(10)6-12;1-7-6-4-2-3-5-8-6;1-4-5(2)3;1-3-4(2)5/h2-6,10-11H,1H3;2-5H,1H3,(H,7,8);4H,1-3H3;3H,1-2H3/b;;;4-3+. The van der Waals surface area contributed by atoms with Crippen molar-refractivity contribution in [3.63, 3.8) is 0 Å². The number of para-hydroxylation sites is 1. The third kappa shape index (κ3) is 16.1. The van der Waals surface area contributed by atoms with Gasteiger partial charge in [-0.15, -0.1) is 0 Å². The molecular formula is C24H35ClN4O. The van der Waals surface area contributed by atoms with E-state index < -0.39 is 0 Å². The molecule has 0 saturated carbocycles. The van der Waals surface area contributed by atoms with Gasteiger partial charge >= 0.3 is 0 Å². The zero-order chi connectivity index (χ0) is 23.4. The van der Waals surface area contributed by atoms with Crippen LogP contribution in [0.2, 0.25) is 0 Å². The van der Waals surface area contributed by atoms with E-state index in [1.54, 1.807) is 25.4 Å². The molecule has 2 rings (SSSR count). The van der Waals surface area contributed by atoms with Crippen LogP contribution in [-0.2, 0) is 4.79 Å². The number of anilines is 2. The van der Waals surface area contributed by atoms with E-state index in [0.29, 0.717) is 11.8 Å². The number of carbonyl (C=O) groups is 1. The minimum atomic E-state index is -0.0000463. The van der Waals surface area contributed by atoms with Crippen molar-refractivity contribution < 1.29 is 4.79 Å². The van der Waals surface area contributed by atoms with E-state index in [1.165, 1.54) is 5.57 Å². The summed E-state index contributed by atoms with van der Waals surface area (Å²) in [4.78, 5) is 14.3. The zero-order valence-corrected chi connectivity index (χ0v) is 19.8. The number of hydrogen-bond donors (Lipinski definition) is 3. The molecule has 0 fully saturated rings. The molecule has 30 heavy (non-hydrogen) atoms. The number of pyridine rings is 1. The molecule has 1 aromatic heterocycles. The topological polar surface area (TPSA) is 77.9 Å². The second kappa shape index (κ2) is 19.4. The first-order valence-electron chi connectivity index (χ1n) is 9.54. The first kappa shape index (κ1) is 29.3. The molecule has 0 aliphatic rings. The van der Waals surface area contributed by atoms with Gasteiger partial charge in [0.2, 0.25) is 0 Å². The van der Waals surface area contributed by atoms with Crippen molar-refractivity contribution in [1.29, 1.82) is 5.41 Å². The summed E-state index contributed by atoms with van der Waals surface area (Å²) in [7, 11) is 3.61. The highest BCUT2D eigenvalue weighted by Gasteiger charge is 2.03. The maximum Gasteiger partial charge on any atom is 0.168 e. The third-order valence-corrected chi connectivity index (χ3v) is 3.72. The van der Waals surface area contributed by atoms with Crippen molar-refractivity contribution in [3.05, 3.63) is 77.0 Å². The Morgan fingerprint density at radius 1 is 0.967 bits per heavy atom. The van der Waals surface area contributed by atoms with Gasteiger partial charge in [-0.05, 0) is 52.8 Å². The SMILES string of the molecule is C/C=C(\C)Cl.CC=C(C)C.CNc1ccccc1C(=N)C=O.CNc1ccccn1. The number of nitrogens with one attached hydrogen (secondary N) is 3. The Morgan fingerprint density at radius 2 is 1.50 bits per heavy atom. The lowest BCUT2D eigenvalue weighted by Crippen LogP contribution is -2.04. The van der Waals surface area contributed by atoms with E-state index in [2.05, 4.69) is 35.5 Å². The number of halogens is 1. The van der Waals surface area contributed by atoms with Gasteiger partial charge in [0.25, 0.3) is 0 Å². The van der Waals surface area contributed by atoms with Crippen molar-refractivity contribution in [2.45, 2.75) is 34.6 Å². The molecule has 5 nitrogen and oxygen atoms in total. The number of hydrogen-bond acceptors (Lipinski definition) is 5. The zero-order valence-electron chi connectivity index (χ0n) is 19.1. The van der Waals surface area contributed by atoms with E-state index in [0.717, 1.165) is 16.5 Å². The van der Waals surface area contributed by atoms with Crippen molar-refractivity contribution in [2.24, 2.45) is 0 Å². The molecule has 6 heteroatoms. The van der Waals surface area contributed by atoms with E-state index in [-0.39, 0.29) is 5.71 Å². The second-order valence-electron chi connectivity index (χ2n) is 6.03. The van der Waals surface area contributed by atoms with Gasteiger partial charge in [-0.3, -0.25) is 10.2 Å². The summed E-state index contributed by atoms with van der Waals surface area (Å²) >= 11 is 5.32. The predicted octanol–water partition coefficient (Wildman–Crippen LogP) is 6.54. The van der Waals surface area contributed by atoms with Crippen molar-refractivity contribution >= 4 is 35.1 Å². The van der Waals surface area contributed by atoms with E-state index in [9.17, 15) is 4.79 Å². The maximum atomic E-state index is 10.3. The Balaban J connectivity index is 0. The van der Waals surface area contributed by atoms with Crippen molar-refractivity contribution in [1.82, 2.24) is 4.98 Å². The molecule has 0 aliphatic carbocycles. The van der Waals surface area contributed by atoms with Gasteiger partial charge in [0, 0.05) is 36.6 Å². The molecule has 0 unspecified atom stereocenters. The summed E-state index contributed by atoms with van der Waals surface area (Å²) in [6.07, 6.45) is 6.23. The normalized spacial score (nSPS) is 9.13. The molecule has 0 radical (unpaired) electrons. The Hall–Kier alpha value is -2.92. The van der Waals surface area contributed by atoms with Crippen LogP contribution in [0, 0.1) is 5.41 Å². The molecule has 0 atom stereocenters. The minimum Gasteiger partial charge on any atom is -0.388 e. The number of aldehydes is 1. The van der Waals surface area contributed by atoms with Crippen molar-refractivity contribution in [3.8, 4) is 0 Å². The molecule has 1 aromatic carbocycles. The Kier molecular flexibility index (Phi) is 18.9. The molecule has 3 N–H and O–H groups in total. The van der Waals surface area contributed by atoms with Crippen LogP contribution in [-0.4, -0.2) is 31.1 Å². The van der Waals surface area contributed by atoms with Gasteiger partial charge in [0.15, 0.2) is 6.29 Å². The lowest BCUT2D eigenvalue weighted by atomic mass is 10.1. The maximum absolute atomic E-state index is 10.3. The highest BCUT2D eigenvalue weighted by molar-refractivity contribution is 6.36. The molecular weight excluding hydrogens is 396 g/mol. The predicted molar refractivity (Wildman–Crippen MR) is 133 cm³/mol. The van der Waals surface area contributed by atoms with Crippen LogP contribution in [0.1, 0.15) is 40.2 Å². The summed E-state index contributed by atoms with van der Waals surface area (Å²) < 4.78 is 0. The quantitative estimate of drug-likeness (QED) is 0.292. The number of allylic oxidation sites excluding steroid dienone is 4. The van der Waals surface area contributed by atoms with Crippen LogP contribution in [0.3, 0.4) is 0 Å². The lowest BCUT2D eigenvalue weighted by molar-refractivity contribution is -0.102. The van der Waals surface area contributed by atoms with Crippen LogP contribution >= 0.6 is 11.6 Å². The number of carbonyl (C=O) groups excluding carboxylic acids is 1. The van der Waals surface area contributed by atoms with Crippen LogP contribution < -0.4 is 10.6 Å². The monoisotopic (exact) mass is 430 g/mol. The van der Waals surface area contributed by atoms with Gasteiger partial charge in [-0.25, -0.2) is 4.98 Å². The van der Waals surface area contributed by atoms with Gasteiger partial charge in [0.1, 0.15) is 11.5 Å². The van der Waals surface area contributed by atoms with E-state index in [4.69, 9.17) is 17.0 Å². The van der Waals surface area contributed by atoms with E-state index in [1.807, 2.05) is 64.2 Å². The van der Waals surface area contributed by atoms with Gasteiger partial charge in [-0.2, -0.15) is 0 Å². The smallest absolute Gasteiger partial charge is 0.168 e. The number of benzene rings is 1. The van der Waals surface area contributed by atoms with Crippen molar-refractivity contribution in [2.75, 3.05) is 24.7 Å². The fourth-order valence-corrected chi connectivity index (χ4v) is 1.51. The first-order chi connectivity index (χ1) is 14.3. The number of nitrogens with zero attached hydrogens (tertiary/aromatic N) is 1. The summed E-state index contributed by atoms with van der Waals surface area (Å²) in [6.45, 7) is 9.96. The summed E-state index contributed by atoms with van der Waals surface area (Å²) in [5, 5.41) is 14.0. The molecule has 164 valence electrons. The highest BCUT2D eigenvalue weighted by Crippen LogP contribution is 2.13. The van der Waals surface area contributed by atoms with Gasteiger partial charge in [-0.1, -0.05) is 53.6 Å². The number of rotatable bonds is 4. The van der Waals surface area contributed by atoms with Crippen LogP contribution in [0.25, 0.3) is 0 Å². The molecule has 1 heterocycles. The average molecular weight is 431 g/mol. The fraction of sp³-hybridized carbons (Fsp3) is 0.292. The summed E-state index contributed by atoms with van der Waals surface area (Å²) in [5.74, 6) is 0.910. The average Bonchev–Trinajstić information content (AvgIpc) is 2.80. The molecule has 2 aromatic rings. The first-order valence-corrected chi connectivity index (χ1v) is 9.92. The molecule has 0 bridgehead atoms. The Morgan fingerprint density at radius 3 is 1.83 bits per heavy atom. The second-order valence-corrected chi connectivity index (χ2v) is 6.63. The Bertz CT molecular complexity index is 763. The summed E-state index contributed by atoms with van der Waals surface area (Å²) in [5.41, 5.74) is 2.81. The Labute approximate surface area is 186 Å². The molecule has 0 aliphatic heterocycles. The molecule has 0 saturated heterocycles. The largest absolute Gasteiger partial charge is 0.388 e. The third-order valence-electron chi connectivity index (χ3n) is 3.50. The van der Waals surface area contributed by atoms with Crippen LogP contribution in [0.4, 0.5) is 11.5 Å². The molecule has 0 amide bonds. The fourth-order valence-electron chi connectivity index (χ4n) is 1.51. The van der Waals surface area contributed by atoms with Gasteiger partial charge in [0.05, 0.1) is 0 Å². The highest BCUT2D eigenvalue weighted by atomic mass is 35.5. The van der Waals surface area contributed by atoms with E-state index >= 15 is 0 Å². The summed E-state index contributed by atoms with van der Waals surface area (Å²) in [6, 6.07) is 13.0. The number of aromatic nitrogens is 1. The minimum absolute atomic E-state index is 0.0000463.